The molecule has 0 N–H and O–H groups in total. The van der Waals surface area contributed by atoms with E-state index in [4.69, 9.17) is 14.3 Å². The van der Waals surface area contributed by atoms with Gasteiger partial charge in [0.25, 0.3) is 5.91 Å². The number of hydrogen-bond donors (Lipinski definition) is 0. The van der Waals surface area contributed by atoms with Gasteiger partial charge in [-0.2, -0.15) is 31.4 Å². The summed E-state index contributed by atoms with van der Waals surface area (Å²) >= 11 is 0. The molecule has 6 atom stereocenters. The molecule has 1 aliphatic heterocycles. The molecule has 1 aliphatic carbocycles. The molecule has 4 aromatic rings. The lowest BCUT2D eigenvalue weighted by Gasteiger charge is -2.34. The van der Waals surface area contributed by atoms with Crippen molar-refractivity contribution < 1.29 is 59.4 Å². The zero-order chi connectivity index (χ0) is 39.7. The van der Waals surface area contributed by atoms with Gasteiger partial charge >= 0.3 is 24.3 Å². The topological polar surface area (TPSA) is 82.1 Å². The molecule has 0 spiro atoms. The summed E-state index contributed by atoms with van der Waals surface area (Å²) in [6, 6.07) is 22.1. The summed E-state index contributed by atoms with van der Waals surface area (Å²) in [5.41, 5.74) is -3.92. The first-order valence-corrected chi connectivity index (χ1v) is 17.5. The van der Waals surface area contributed by atoms with Crippen molar-refractivity contribution in [3.63, 3.8) is 0 Å². The zero-order valence-electron chi connectivity index (χ0n) is 29.6. The number of esters is 1. The number of halogens is 7. The van der Waals surface area contributed by atoms with Crippen molar-refractivity contribution in [1.29, 1.82) is 0 Å². The molecule has 0 radical (unpaired) electrons. The minimum absolute atomic E-state index is 0.0351. The Kier molecular flexibility index (Phi) is 11.1. The molecule has 55 heavy (non-hydrogen) atoms. The van der Waals surface area contributed by atoms with E-state index in [1.165, 1.54) is 50.2 Å². The summed E-state index contributed by atoms with van der Waals surface area (Å²) in [7, 11) is 0. The number of nitrogens with zero attached hydrogens (tertiary/aromatic N) is 1. The number of carbonyl (C=O) groups excluding carboxylic acids is 3. The summed E-state index contributed by atoms with van der Waals surface area (Å²) in [5.74, 6) is -4.59. The third-order valence-electron chi connectivity index (χ3n) is 10.3. The summed E-state index contributed by atoms with van der Waals surface area (Å²) in [4.78, 5) is 47.1. The number of hydrogen-bond acceptors (Lipinski definition) is 6. The number of rotatable bonds is 10. The smallest absolute Gasteiger partial charge is 0.416 e. The van der Waals surface area contributed by atoms with E-state index < -0.39 is 82.6 Å². The monoisotopic (exact) mass is 771 g/mol. The SMILES string of the molecule is C[C@@H](O[C@H]1CC[C@@H]([C@H]2C[C@@](C)(C(=O)OCc3ccccc3)C(=O)N2OC(=O)c2ccccc2)[C@@H]1c1ccc(F)cc1)c1cc(C(F)(F)F)cc(C(F)(F)F)c1. The summed E-state index contributed by atoms with van der Waals surface area (Å²) in [6.07, 6.45) is -12.1. The first kappa shape index (κ1) is 39.5. The van der Waals surface area contributed by atoms with Gasteiger partial charge in [0.2, 0.25) is 0 Å². The van der Waals surface area contributed by atoms with Gasteiger partial charge in [0, 0.05) is 5.92 Å². The van der Waals surface area contributed by atoms with Crippen LogP contribution in [-0.4, -0.2) is 35.1 Å². The number of amides is 1. The van der Waals surface area contributed by atoms with Crippen LogP contribution in [0, 0.1) is 17.2 Å². The van der Waals surface area contributed by atoms with E-state index in [9.17, 15) is 45.1 Å². The maximum atomic E-state index is 14.3. The Bertz CT molecular complexity index is 1970. The van der Waals surface area contributed by atoms with Gasteiger partial charge in [-0.15, -0.1) is 0 Å². The van der Waals surface area contributed by atoms with E-state index in [0.29, 0.717) is 23.3 Å². The van der Waals surface area contributed by atoms with Gasteiger partial charge in [-0.1, -0.05) is 60.7 Å². The Hall–Kier alpha value is -5.24. The second-order valence-corrected chi connectivity index (χ2v) is 14.0. The van der Waals surface area contributed by atoms with Crippen LogP contribution in [0.5, 0.6) is 0 Å². The van der Waals surface area contributed by atoms with E-state index in [-0.39, 0.29) is 43.1 Å². The highest BCUT2D eigenvalue weighted by Crippen LogP contribution is 2.52. The van der Waals surface area contributed by atoms with Crippen LogP contribution in [0.3, 0.4) is 0 Å². The van der Waals surface area contributed by atoms with Crippen molar-refractivity contribution in [2.24, 2.45) is 11.3 Å². The Labute approximate surface area is 311 Å². The van der Waals surface area contributed by atoms with Gasteiger partial charge in [-0.3, -0.25) is 9.59 Å². The van der Waals surface area contributed by atoms with Crippen LogP contribution in [0.4, 0.5) is 30.7 Å². The largest absolute Gasteiger partial charge is 0.460 e. The van der Waals surface area contributed by atoms with Gasteiger partial charge in [0.1, 0.15) is 17.8 Å². The molecule has 1 amide bonds. The fourth-order valence-corrected chi connectivity index (χ4v) is 7.46. The fourth-order valence-electron chi connectivity index (χ4n) is 7.46. The predicted octanol–water partition coefficient (Wildman–Crippen LogP) is 9.63. The van der Waals surface area contributed by atoms with E-state index >= 15 is 0 Å². The molecule has 1 saturated carbocycles. The highest BCUT2D eigenvalue weighted by atomic mass is 19.4. The van der Waals surface area contributed by atoms with E-state index in [1.54, 1.807) is 48.5 Å². The Balaban J connectivity index is 1.35. The van der Waals surface area contributed by atoms with E-state index in [2.05, 4.69) is 0 Å². The average molecular weight is 772 g/mol. The first-order valence-electron chi connectivity index (χ1n) is 17.5. The molecule has 2 fully saturated rings. The van der Waals surface area contributed by atoms with Crippen molar-refractivity contribution in [3.8, 4) is 0 Å². The maximum Gasteiger partial charge on any atom is 0.416 e. The van der Waals surface area contributed by atoms with Gasteiger partial charge in [-0.25, -0.2) is 9.18 Å². The maximum absolute atomic E-state index is 14.3. The highest BCUT2D eigenvalue weighted by molar-refractivity contribution is 6.04. The third kappa shape index (κ3) is 8.54. The molecule has 0 bridgehead atoms. The molecule has 4 aromatic carbocycles. The van der Waals surface area contributed by atoms with Gasteiger partial charge < -0.3 is 14.3 Å². The fraction of sp³-hybridized carbons (Fsp3) is 0.341. The highest BCUT2D eigenvalue weighted by Gasteiger charge is 2.60. The molecule has 290 valence electrons. The number of hydroxylamine groups is 2. The summed E-state index contributed by atoms with van der Waals surface area (Å²) < 4.78 is 108. The molecular weight excluding hydrogens is 735 g/mol. The lowest BCUT2D eigenvalue weighted by Crippen LogP contribution is -2.43. The molecule has 7 nitrogen and oxygen atoms in total. The number of ether oxygens (including phenoxy) is 2. The molecule has 14 heteroatoms. The normalized spacial score (nSPS) is 23.4. The molecule has 0 aromatic heterocycles. The van der Waals surface area contributed by atoms with Crippen LogP contribution >= 0.6 is 0 Å². The number of alkyl halides is 6. The zero-order valence-corrected chi connectivity index (χ0v) is 29.6. The lowest BCUT2D eigenvalue weighted by atomic mass is 9.78. The molecule has 6 rings (SSSR count). The van der Waals surface area contributed by atoms with Crippen LogP contribution < -0.4 is 0 Å². The molecule has 2 aliphatic rings. The van der Waals surface area contributed by atoms with Gasteiger partial charge in [-0.05, 0) is 98.2 Å². The molecule has 1 saturated heterocycles. The standard InChI is InChI=1S/C41H36F7NO6/c1-24(28-19-29(40(43,44)45)21-30(20-28)41(46,47)48)54-34-18-17-32(35(34)26-13-15-31(42)16-14-26)33-22-39(2,38(52)53-23-25-9-5-3-6-10-25)37(51)49(33)55-36(50)27-11-7-4-8-12-27/h3-16,19-21,24,32-35H,17-18,22-23H2,1-2H3/t24-,32+,33-,34+,35+,39-/m1/s1. The van der Waals surface area contributed by atoms with Crippen LogP contribution in [0.2, 0.25) is 0 Å². The minimum atomic E-state index is -5.07. The van der Waals surface area contributed by atoms with Crippen LogP contribution in [0.1, 0.15) is 83.3 Å². The Morgan fingerprint density at radius 1 is 0.836 bits per heavy atom. The number of carbonyl (C=O) groups is 3. The van der Waals surface area contributed by atoms with Crippen molar-refractivity contribution in [3.05, 3.63) is 142 Å². The first-order chi connectivity index (χ1) is 26.0. The Morgan fingerprint density at radius 3 is 2.00 bits per heavy atom. The van der Waals surface area contributed by atoms with Gasteiger partial charge in [0.05, 0.1) is 34.9 Å². The minimum Gasteiger partial charge on any atom is -0.460 e. The second kappa shape index (κ2) is 15.5. The van der Waals surface area contributed by atoms with E-state index in [0.717, 1.165) is 5.06 Å². The average Bonchev–Trinajstić information content (AvgIpc) is 3.68. The lowest BCUT2D eigenvalue weighted by molar-refractivity contribution is -0.180. The van der Waals surface area contributed by atoms with Crippen molar-refractivity contribution in [2.75, 3.05) is 0 Å². The van der Waals surface area contributed by atoms with Crippen molar-refractivity contribution in [1.82, 2.24) is 5.06 Å². The third-order valence-corrected chi connectivity index (χ3v) is 10.3. The summed E-state index contributed by atoms with van der Waals surface area (Å²) in [5, 5.41) is 0.870. The van der Waals surface area contributed by atoms with E-state index in [1.807, 2.05) is 0 Å². The molecule has 0 unspecified atom stereocenters. The summed E-state index contributed by atoms with van der Waals surface area (Å²) in [6.45, 7) is 2.57. The van der Waals surface area contributed by atoms with Crippen molar-refractivity contribution in [2.45, 2.75) is 76.2 Å². The van der Waals surface area contributed by atoms with Gasteiger partial charge in [0.15, 0.2) is 0 Å². The second-order valence-electron chi connectivity index (χ2n) is 14.0. The quantitative estimate of drug-likeness (QED) is 0.0908. The molecular formula is C41H36F7NO6. The number of benzene rings is 4. The Morgan fingerprint density at radius 2 is 1.42 bits per heavy atom. The predicted molar refractivity (Wildman–Crippen MR) is 183 cm³/mol. The van der Waals surface area contributed by atoms with Crippen LogP contribution in [0.15, 0.2) is 103 Å². The van der Waals surface area contributed by atoms with Crippen LogP contribution in [0.25, 0.3) is 0 Å². The van der Waals surface area contributed by atoms with Crippen molar-refractivity contribution >= 4 is 17.8 Å². The molecule has 1 heterocycles. The van der Waals surface area contributed by atoms with Crippen LogP contribution in [-0.2, 0) is 42.9 Å².